The van der Waals surface area contributed by atoms with E-state index >= 15 is 0 Å². The van der Waals surface area contributed by atoms with Crippen LogP contribution >= 0.6 is 15.9 Å². The highest BCUT2D eigenvalue weighted by Crippen LogP contribution is 2.26. The Balaban J connectivity index is 1.55. The van der Waals surface area contributed by atoms with Crippen LogP contribution in [0.3, 0.4) is 0 Å². The minimum Gasteiger partial charge on any atom is -0.303 e. The average molecular weight is 415 g/mol. The van der Waals surface area contributed by atoms with E-state index in [2.05, 4.69) is 27.8 Å². The quantitative estimate of drug-likeness (QED) is 0.755. The Hall–Kier alpha value is -0.430. The highest BCUT2D eigenvalue weighted by molar-refractivity contribution is 9.10. The Morgan fingerprint density at radius 2 is 1.75 bits per heavy atom. The molecule has 24 heavy (non-hydrogen) atoms. The lowest BCUT2D eigenvalue weighted by Crippen LogP contribution is -2.43. The molecule has 3 rings (SSSR count). The van der Waals surface area contributed by atoms with Crippen molar-refractivity contribution in [2.24, 2.45) is 11.8 Å². The molecule has 1 aromatic carbocycles. The average Bonchev–Trinajstić information content (AvgIpc) is 2.56. The van der Waals surface area contributed by atoms with Crippen LogP contribution in [0.5, 0.6) is 0 Å². The number of rotatable bonds is 4. The van der Waals surface area contributed by atoms with E-state index in [9.17, 15) is 8.42 Å². The normalized spacial score (nSPS) is 25.0. The van der Waals surface area contributed by atoms with E-state index in [-0.39, 0.29) is 0 Å². The predicted octanol–water partition coefficient (Wildman–Crippen LogP) is 3.58. The van der Waals surface area contributed by atoms with Crippen molar-refractivity contribution < 1.29 is 8.42 Å². The molecule has 2 aliphatic rings. The molecule has 2 heterocycles. The summed E-state index contributed by atoms with van der Waals surface area (Å²) in [5.41, 5.74) is 0. The minimum absolute atomic E-state index is 0.397. The van der Waals surface area contributed by atoms with Crippen LogP contribution in [0, 0.1) is 11.8 Å². The Kier molecular flexibility index (Phi) is 6.01. The molecule has 0 spiro atoms. The van der Waals surface area contributed by atoms with Gasteiger partial charge in [-0.2, -0.15) is 4.31 Å². The van der Waals surface area contributed by atoms with Crippen molar-refractivity contribution in [2.75, 3.05) is 32.7 Å². The zero-order valence-electron chi connectivity index (χ0n) is 14.3. The molecule has 2 saturated heterocycles. The fourth-order valence-corrected chi connectivity index (χ4v) is 5.64. The van der Waals surface area contributed by atoms with E-state index in [1.54, 1.807) is 28.6 Å². The highest BCUT2D eigenvalue weighted by atomic mass is 79.9. The highest BCUT2D eigenvalue weighted by Gasteiger charge is 2.30. The second-order valence-electron chi connectivity index (χ2n) is 7.31. The van der Waals surface area contributed by atoms with Crippen molar-refractivity contribution in [1.29, 1.82) is 0 Å². The maximum atomic E-state index is 12.7. The van der Waals surface area contributed by atoms with Crippen molar-refractivity contribution in [2.45, 2.75) is 37.5 Å². The van der Waals surface area contributed by atoms with Gasteiger partial charge in [-0.15, -0.1) is 0 Å². The van der Waals surface area contributed by atoms with Crippen LogP contribution in [0.25, 0.3) is 0 Å². The number of hydrogen-bond donors (Lipinski definition) is 0. The number of hydrogen-bond acceptors (Lipinski definition) is 3. The van der Waals surface area contributed by atoms with Crippen LogP contribution in [-0.2, 0) is 10.0 Å². The fraction of sp³-hybridized carbons (Fsp3) is 0.667. The first-order valence-corrected chi connectivity index (χ1v) is 11.2. The van der Waals surface area contributed by atoms with Gasteiger partial charge in [-0.25, -0.2) is 8.42 Å². The van der Waals surface area contributed by atoms with Gasteiger partial charge in [0.05, 0.1) is 4.90 Å². The van der Waals surface area contributed by atoms with E-state index in [1.165, 1.54) is 25.9 Å². The molecule has 0 radical (unpaired) electrons. The van der Waals surface area contributed by atoms with Gasteiger partial charge in [-0.05, 0) is 68.3 Å². The molecular weight excluding hydrogens is 388 g/mol. The van der Waals surface area contributed by atoms with E-state index in [0.717, 1.165) is 29.8 Å². The molecule has 0 aliphatic carbocycles. The van der Waals surface area contributed by atoms with E-state index in [0.29, 0.717) is 23.9 Å². The summed E-state index contributed by atoms with van der Waals surface area (Å²) in [5.74, 6) is 1.43. The molecule has 2 aliphatic heterocycles. The van der Waals surface area contributed by atoms with Crippen LogP contribution < -0.4 is 0 Å². The van der Waals surface area contributed by atoms with Gasteiger partial charge in [0.25, 0.3) is 0 Å². The minimum atomic E-state index is -3.35. The second kappa shape index (κ2) is 7.85. The summed E-state index contributed by atoms with van der Waals surface area (Å²) in [6, 6.07) is 6.94. The lowest BCUT2D eigenvalue weighted by molar-refractivity contribution is 0.136. The van der Waals surface area contributed by atoms with Crippen molar-refractivity contribution in [3.63, 3.8) is 0 Å². The van der Waals surface area contributed by atoms with Gasteiger partial charge < -0.3 is 4.90 Å². The lowest BCUT2D eigenvalue weighted by atomic mass is 9.94. The third-order valence-electron chi connectivity index (χ3n) is 5.28. The topological polar surface area (TPSA) is 40.6 Å². The molecule has 1 aromatic rings. The van der Waals surface area contributed by atoms with Crippen LogP contribution in [0.4, 0.5) is 0 Å². The van der Waals surface area contributed by atoms with E-state index in [1.807, 2.05) is 0 Å². The van der Waals surface area contributed by atoms with Gasteiger partial charge in [0.15, 0.2) is 0 Å². The SMILES string of the molecule is C[C@H]1CCCN(CC2CCN(S(=O)(=O)c3ccc(Br)cc3)CC2)C1. The molecule has 134 valence electrons. The van der Waals surface area contributed by atoms with Crippen molar-refractivity contribution in [1.82, 2.24) is 9.21 Å². The summed E-state index contributed by atoms with van der Waals surface area (Å²) in [6.45, 7) is 7.17. The number of nitrogens with zero attached hydrogens (tertiary/aromatic N) is 2. The number of likely N-dealkylation sites (tertiary alicyclic amines) is 1. The van der Waals surface area contributed by atoms with Crippen LogP contribution in [-0.4, -0.2) is 50.3 Å². The van der Waals surface area contributed by atoms with Crippen LogP contribution in [0.15, 0.2) is 33.6 Å². The largest absolute Gasteiger partial charge is 0.303 e. The first-order valence-electron chi connectivity index (χ1n) is 8.93. The molecule has 0 unspecified atom stereocenters. The van der Waals surface area contributed by atoms with Gasteiger partial charge in [0.1, 0.15) is 0 Å². The fourth-order valence-electron chi connectivity index (χ4n) is 3.91. The Morgan fingerprint density at radius 1 is 1.08 bits per heavy atom. The summed E-state index contributed by atoms with van der Waals surface area (Å²) in [4.78, 5) is 2.98. The molecule has 4 nitrogen and oxygen atoms in total. The molecule has 0 bridgehead atoms. The Morgan fingerprint density at radius 3 is 2.38 bits per heavy atom. The second-order valence-corrected chi connectivity index (χ2v) is 10.2. The van der Waals surface area contributed by atoms with Gasteiger partial charge in [0.2, 0.25) is 10.0 Å². The Bertz CT molecular complexity index is 639. The maximum Gasteiger partial charge on any atom is 0.243 e. The summed E-state index contributed by atoms with van der Waals surface area (Å²) in [6.07, 6.45) is 4.60. The zero-order chi connectivity index (χ0) is 17.2. The van der Waals surface area contributed by atoms with Gasteiger partial charge in [0, 0.05) is 30.7 Å². The Labute approximate surface area is 154 Å². The molecular formula is C18H27BrN2O2S. The van der Waals surface area contributed by atoms with Crippen LogP contribution in [0.1, 0.15) is 32.6 Å². The summed E-state index contributed by atoms with van der Waals surface area (Å²) in [5, 5.41) is 0. The first-order chi connectivity index (χ1) is 11.4. The van der Waals surface area contributed by atoms with Gasteiger partial charge >= 0.3 is 0 Å². The number of halogens is 1. The zero-order valence-corrected chi connectivity index (χ0v) is 16.7. The number of piperidine rings is 2. The summed E-state index contributed by atoms with van der Waals surface area (Å²) < 4.78 is 28.0. The molecule has 0 aromatic heterocycles. The van der Waals surface area contributed by atoms with E-state index in [4.69, 9.17) is 0 Å². The molecule has 1 atom stereocenters. The van der Waals surface area contributed by atoms with Crippen molar-refractivity contribution in [3.8, 4) is 0 Å². The van der Waals surface area contributed by atoms with Crippen molar-refractivity contribution in [3.05, 3.63) is 28.7 Å². The summed E-state index contributed by atoms with van der Waals surface area (Å²) >= 11 is 3.35. The summed E-state index contributed by atoms with van der Waals surface area (Å²) in [7, 11) is -3.35. The third-order valence-corrected chi connectivity index (χ3v) is 7.72. The molecule has 0 N–H and O–H groups in total. The van der Waals surface area contributed by atoms with Gasteiger partial charge in [-0.3, -0.25) is 0 Å². The lowest BCUT2D eigenvalue weighted by Gasteiger charge is -2.37. The molecule has 0 saturated carbocycles. The van der Waals surface area contributed by atoms with Crippen LogP contribution in [0.2, 0.25) is 0 Å². The van der Waals surface area contributed by atoms with Gasteiger partial charge in [-0.1, -0.05) is 22.9 Å². The van der Waals surface area contributed by atoms with Crippen molar-refractivity contribution >= 4 is 26.0 Å². The first kappa shape index (κ1) is 18.4. The number of benzene rings is 1. The molecule has 6 heteroatoms. The predicted molar refractivity (Wildman–Crippen MR) is 100 cm³/mol. The molecule has 2 fully saturated rings. The van der Waals surface area contributed by atoms with E-state index < -0.39 is 10.0 Å². The third kappa shape index (κ3) is 4.40. The standard InChI is InChI=1S/C18H27BrN2O2S/c1-15-3-2-10-20(13-15)14-16-8-11-21(12-9-16)24(22,23)18-6-4-17(19)5-7-18/h4-7,15-16H,2-3,8-14H2,1H3/t15-/m0/s1. The molecule has 0 amide bonds. The number of sulfonamides is 1. The monoisotopic (exact) mass is 414 g/mol. The smallest absolute Gasteiger partial charge is 0.243 e. The maximum absolute atomic E-state index is 12.7.